The number of alkyl halides is 2. The molecule has 0 saturated carbocycles. The predicted molar refractivity (Wildman–Crippen MR) is 243 cm³/mol. The predicted octanol–water partition coefficient (Wildman–Crippen LogP) is 3.65. The van der Waals surface area contributed by atoms with Crippen molar-refractivity contribution in [3.8, 4) is 11.1 Å². The van der Waals surface area contributed by atoms with Crippen molar-refractivity contribution in [1.29, 1.82) is 0 Å². The number of aromatic nitrogens is 2. The summed E-state index contributed by atoms with van der Waals surface area (Å²) in [5.74, 6) is 4.41. The molecule has 65 heavy (non-hydrogen) atoms. The number of hydrogen-bond donors (Lipinski definition) is 6. The molecular formula is C46H64F2N12O5. The summed E-state index contributed by atoms with van der Waals surface area (Å²) in [7, 11) is 1.76. The van der Waals surface area contributed by atoms with Gasteiger partial charge in [-0.1, -0.05) is 18.9 Å². The summed E-state index contributed by atoms with van der Waals surface area (Å²) in [6.45, 7) is 5.10. The Kier molecular flexibility index (Phi) is 15.4. The number of hydrazine groups is 1. The van der Waals surface area contributed by atoms with Crippen LogP contribution in [0.4, 0.5) is 25.8 Å². The molecule has 17 nitrogen and oxygen atoms in total. The van der Waals surface area contributed by atoms with Gasteiger partial charge in [-0.15, -0.1) is 0 Å². The lowest BCUT2D eigenvalue weighted by Crippen LogP contribution is -2.63. The van der Waals surface area contributed by atoms with Gasteiger partial charge in [-0.3, -0.25) is 39.0 Å². The van der Waals surface area contributed by atoms with Crippen molar-refractivity contribution in [2.24, 2.45) is 24.5 Å². The van der Waals surface area contributed by atoms with E-state index in [9.17, 15) is 32.8 Å². The Balaban J connectivity index is 0.871. The fourth-order valence-electron chi connectivity index (χ4n) is 9.94. The quantitative estimate of drug-likeness (QED) is 0.0302. The minimum absolute atomic E-state index is 0.00327. The topological polar surface area (TPSA) is 230 Å². The maximum Gasteiger partial charge on any atom is 0.272 e. The molecule has 4 aliphatic rings. The van der Waals surface area contributed by atoms with Crippen LogP contribution in [0.25, 0.3) is 11.1 Å². The van der Waals surface area contributed by atoms with Gasteiger partial charge in [-0.2, -0.15) is 5.10 Å². The van der Waals surface area contributed by atoms with E-state index in [0.717, 1.165) is 67.6 Å². The second kappa shape index (κ2) is 21.1. The minimum atomic E-state index is -2.68. The first kappa shape index (κ1) is 47.3. The summed E-state index contributed by atoms with van der Waals surface area (Å²) in [6, 6.07) is 7.70. The van der Waals surface area contributed by atoms with Gasteiger partial charge < -0.3 is 36.8 Å². The van der Waals surface area contributed by atoms with E-state index in [0.29, 0.717) is 68.9 Å². The van der Waals surface area contributed by atoms with Crippen molar-refractivity contribution in [1.82, 2.24) is 35.2 Å². The number of rotatable bonds is 16. The van der Waals surface area contributed by atoms with E-state index in [4.69, 9.17) is 17.3 Å². The number of likely N-dealkylation sites (tertiary alicyclic amines) is 2. The monoisotopic (exact) mass is 903 g/mol. The Morgan fingerprint density at radius 3 is 2.45 bits per heavy atom. The van der Waals surface area contributed by atoms with Crippen LogP contribution >= 0.6 is 0 Å². The number of benzene rings is 2. The number of nitrogens with zero attached hydrogens (tertiary/aromatic N) is 6. The number of nitrogens with one attached hydrogen (secondary N) is 3. The molecule has 3 saturated heterocycles. The average molecular weight is 903 g/mol. The van der Waals surface area contributed by atoms with Gasteiger partial charge in [-0.25, -0.2) is 14.6 Å². The number of imide groups is 1. The summed E-state index contributed by atoms with van der Waals surface area (Å²) >= 11 is 0. The summed E-state index contributed by atoms with van der Waals surface area (Å²) in [5, 5.41) is 14.4. The van der Waals surface area contributed by atoms with E-state index < -0.39 is 36.4 Å². The average Bonchev–Trinajstić information content (AvgIpc) is 3.73. The zero-order chi connectivity index (χ0) is 46.4. The van der Waals surface area contributed by atoms with Crippen LogP contribution < -0.4 is 38.2 Å². The Labute approximate surface area is 378 Å². The lowest BCUT2D eigenvalue weighted by Gasteiger charge is -2.48. The van der Waals surface area contributed by atoms with Gasteiger partial charge in [0.25, 0.3) is 18.2 Å². The number of amides is 5. The number of nitrogens with two attached hydrogens (primary N) is 3. The van der Waals surface area contributed by atoms with Crippen LogP contribution in [0.3, 0.4) is 0 Å². The van der Waals surface area contributed by atoms with Crippen LogP contribution in [-0.4, -0.2) is 118 Å². The first-order valence-corrected chi connectivity index (χ1v) is 23.0. The Hall–Kier alpha value is -5.66. The lowest BCUT2D eigenvalue weighted by molar-refractivity contribution is -0.137. The summed E-state index contributed by atoms with van der Waals surface area (Å²) in [5.41, 5.74) is 17.0. The van der Waals surface area contributed by atoms with Gasteiger partial charge in [0, 0.05) is 118 Å². The van der Waals surface area contributed by atoms with E-state index in [1.54, 1.807) is 55.3 Å². The van der Waals surface area contributed by atoms with Gasteiger partial charge in [0.05, 0.1) is 17.9 Å². The van der Waals surface area contributed by atoms with E-state index in [2.05, 4.69) is 25.9 Å². The molecule has 0 radical (unpaired) electrons. The van der Waals surface area contributed by atoms with Crippen molar-refractivity contribution in [2.45, 2.75) is 115 Å². The van der Waals surface area contributed by atoms with Crippen molar-refractivity contribution in [3.05, 3.63) is 59.4 Å². The number of unbranched alkanes of at least 4 members (excludes halogenated alkanes) is 3. The minimum Gasteiger partial charge on any atom is -0.398 e. The highest BCUT2D eigenvalue weighted by atomic mass is 19.3. The molecule has 0 spiro atoms. The van der Waals surface area contributed by atoms with E-state index >= 15 is 0 Å². The van der Waals surface area contributed by atoms with Crippen molar-refractivity contribution in [3.63, 3.8) is 0 Å². The molecular weight excluding hydrogens is 839 g/mol. The third-order valence-electron chi connectivity index (χ3n) is 13.6. The highest BCUT2D eigenvalue weighted by molar-refractivity contribution is 6.07. The summed E-state index contributed by atoms with van der Waals surface area (Å²) in [6.07, 6.45) is 7.96. The number of nitrogen functional groups attached to an aromatic ring is 1. The molecule has 2 aromatic carbocycles. The Bertz CT molecular complexity index is 2210. The number of fused-ring (bicyclic) bond motifs is 1. The first-order chi connectivity index (χ1) is 31.2. The summed E-state index contributed by atoms with van der Waals surface area (Å²) in [4.78, 5) is 69.0. The molecule has 3 fully saturated rings. The molecule has 5 heterocycles. The highest BCUT2D eigenvalue weighted by Crippen LogP contribution is 2.40. The van der Waals surface area contributed by atoms with Crippen LogP contribution in [0.1, 0.15) is 105 Å². The SMILES string of the molecule is CC(=O)N1CCC(NC2CCN(C(=O)CCCCCCNc3cccc(N)c3C(=O)N(N)C3CCC(=O)NC3=O)CC2)C(C(N)N2CCCc3cc(-c4cnn(C)c4)c(C(F)F)cc32)C1. The molecule has 352 valence electrons. The molecule has 4 unspecified atom stereocenters. The Morgan fingerprint density at radius 1 is 0.985 bits per heavy atom. The van der Waals surface area contributed by atoms with Crippen LogP contribution in [0.5, 0.6) is 0 Å². The fraction of sp³-hybridized carbons (Fsp3) is 0.565. The second-order valence-electron chi connectivity index (χ2n) is 17.9. The normalized spacial score (nSPS) is 21.0. The van der Waals surface area contributed by atoms with Gasteiger partial charge in [0.15, 0.2) is 0 Å². The van der Waals surface area contributed by atoms with Crippen LogP contribution in [-0.2, 0) is 32.6 Å². The molecule has 4 aliphatic heterocycles. The van der Waals surface area contributed by atoms with Crippen molar-refractivity contribution < 1.29 is 32.8 Å². The third-order valence-corrected chi connectivity index (χ3v) is 13.6. The van der Waals surface area contributed by atoms with Crippen LogP contribution in [0, 0.1) is 5.92 Å². The number of aryl methyl sites for hydroxylation is 2. The number of carbonyl (C=O) groups is 5. The smallest absolute Gasteiger partial charge is 0.272 e. The number of anilines is 3. The highest BCUT2D eigenvalue weighted by Gasteiger charge is 2.40. The maximum atomic E-state index is 14.6. The van der Waals surface area contributed by atoms with Gasteiger partial charge in [-0.05, 0) is 86.8 Å². The molecule has 5 amide bonds. The van der Waals surface area contributed by atoms with Crippen LogP contribution in [0.15, 0.2) is 42.7 Å². The number of hydrogen-bond acceptors (Lipinski definition) is 12. The van der Waals surface area contributed by atoms with E-state index in [-0.39, 0.29) is 59.5 Å². The largest absolute Gasteiger partial charge is 0.398 e. The summed E-state index contributed by atoms with van der Waals surface area (Å²) < 4.78 is 30.8. The first-order valence-electron chi connectivity index (χ1n) is 23.0. The molecule has 0 aliphatic carbocycles. The second-order valence-corrected chi connectivity index (χ2v) is 17.9. The van der Waals surface area contributed by atoms with Crippen LogP contribution in [0.2, 0.25) is 0 Å². The van der Waals surface area contributed by atoms with Crippen molar-refractivity contribution >= 4 is 46.6 Å². The third kappa shape index (κ3) is 11.1. The number of piperidine rings is 3. The maximum absolute atomic E-state index is 14.6. The molecule has 4 atom stereocenters. The zero-order valence-electron chi connectivity index (χ0n) is 37.4. The molecule has 1 aromatic heterocycles. The lowest BCUT2D eigenvalue weighted by atomic mass is 9.85. The number of halogens is 2. The van der Waals surface area contributed by atoms with Crippen molar-refractivity contribution in [2.75, 3.05) is 55.2 Å². The van der Waals surface area contributed by atoms with Gasteiger partial charge in [0.2, 0.25) is 17.7 Å². The fourth-order valence-corrected chi connectivity index (χ4v) is 9.94. The zero-order valence-corrected chi connectivity index (χ0v) is 37.4. The molecule has 19 heteroatoms. The van der Waals surface area contributed by atoms with Gasteiger partial charge in [0.1, 0.15) is 6.04 Å². The van der Waals surface area contributed by atoms with E-state index in [1.807, 2.05) is 15.9 Å². The number of carbonyl (C=O) groups excluding carboxylic acids is 5. The molecule has 0 bridgehead atoms. The molecule has 7 rings (SSSR count). The van der Waals surface area contributed by atoms with E-state index in [1.165, 1.54) is 0 Å². The standard InChI is InChI=1S/C46H64F2N12O5/c1-28(61)58-22-17-36(34(27-58)44(50)59-19-8-9-29-23-32(30-25-53-56(2)26-30)33(43(47)48)24-39(29)59)54-31-15-20-57(21-16-31)41(63)12-5-3-4-6-18-52-37-11-7-10-35(49)42(37)46(65)60(51)38-13-14-40(62)55-45(38)64/h7,10-11,23-26,31,34,36,38,43-44,52,54H,3-6,8-9,12-22,27,49-51H2,1-2H3,(H,55,62,64). The van der Waals surface area contributed by atoms with Gasteiger partial charge >= 0.3 is 0 Å². The molecule has 9 N–H and O–H groups in total. The molecule has 3 aromatic rings. The Morgan fingerprint density at radius 2 is 1.74 bits per heavy atom.